The average molecular weight is 459 g/mol. The maximum atomic E-state index is 12.6. The van der Waals surface area contributed by atoms with Crippen molar-refractivity contribution in [2.24, 2.45) is 0 Å². The summed E-state index contributed by atoms with van der Waals surface area (Å²) >= 11 is 0. The molecule has 0 aromatic heterocycles. The lowest BCUT2D eigenvalue weighted by Crippen LogP contribution is -2.50. The van der Waals surface area contributed by atoms with Crippen molar-refractivity contribution in [3.8, 4) is 11.1 Å². The molecule has 5 rings (SSSR count). The molecule has 1 heterocycles. The lowest BCUT2D eigenvalue weighted by Gasteiger charge is -2.35. The molecule has 3 atom stereocenters. The number of fused-ring (bicyclic) bond motifs is 3. The molecule has 34 heavy (non-hydrogen) atoms. The van der Waals surface area contributed by atoms with E-state index in [1.54, 1.807) is 12.1 Å². The summed E-state index contributed by atoms with van der Waals surface area (Å²) in [5.74, 6) is -0.995. The molecule has 1 fully saturated rings. The van der Waals surface area contributed by atoms with E-state index < -0.39 is 18.4 Å². The summed E-state index contributed by atoms with van der Waals surface area (Å²) in [5, 5.41) is 11.9. The third-order valence-electron chi connectivity index (χ3n) is 6.41. The van der Waals surface area contributed by atoms with Crippen LogP contribution in [0.15, 0.2) is 72.8 Å². The highest BCUT2D eigenvalue weighted by atomic mass is 16.7. The number of benzene rings is 3. The van der Waals surface area contributed by atoms with E-state index in [2.05, 4.69) is 29.6 Å². The molecule has 0 radical (unpaired) electrons. The van der Waals surface area contributed by atoms with Crippen LogP contribution in [0.5, 0.6) is 0 Å². The smallest absolute Gasteiger partial charge is 0.407 e. The number of amides is 1. The molecule has 174 valence electrons. The van der Waals surface area contributed by atoms with Gasteiger partial charge in [-0.1, -0.05) is 60.7 Å². The first-order chi connectivity index (χ1) is 16.5. The highest BCUT2D eigenvalue weighted by Gasteiger charge is 2.33. The van der Waals surface area contributed by atoms with E-state index >= 15 is 0 Å². The molecule has 2 aliphatic rings. The van der Waals surface area contributed by atoms with E-state index in [0.717, 1.165) is 16.7 Å². The molecular weight excluding hydrogens is 434 g/mol. The van der Waals surface area contributed by atoms with Gasteiger partial charge >= 0.3 is 12.1 Å². The Morgan fingerprint density at radius 3 is 2.18 bits per heavy atom. The number of nitrogens with one attached hydrogen (secondary N) is 1. The van der Waals surface area contributed by atoms with Gasteiger partial charge in [0.15, 0.2) is 6.29 Å². The van der Waals surface area contributed by atoms with Crippen LogP contribution >= 0.6 is 0 Å². The molecule has 0 spiro atoms. The largest absolute Gasteiger partial charge is 0.478 e. The summed E-state index contributed by atoms with van der Waals surface area (Å²) in [7, 11) is 0. The number of alkyl carbamates (subject to hydrolysis) is 1. The summed E-state index contributed by atoms with van der Waals surface area (Å²) in [6.07, 6.45) is -1.47. The van der Waals surface area contributed by atoms with Crippen LogP contribution in [0.1, 0.15) is 46.2 Å². The minimum Gasteiger partial charge on any atom is -0.478 e. The molecule has 0 bridgehead atoms. The monoisotopic (exact) mass is 459 g/mol. The molecule has 1 unspecified atom stereocenters. The SMILES string of the molecule is C[C@H]1OC(c2ccc(C(=O)O)cc2)OC[C@H]1NC(=O)OCC1c2ccccc2-c2ccccc21. The van der Waals surface area contributed by atoms with Crippen molar-refractivity contribution >= 4 is 12.1 Å². The highest BCUT2D eigenvalue weighted by molar-refractivity contribution is 5.87. The van der Waals surface area contributed by atoms with Gasteiger partial charge in [0, 0.05) is 11.5 Å². The number of hydrogen-bond donors (Lipinski definition) is 2. The Kier molecular flexibility index (Phi) is 6.04. The number of hydrogen-bond acceptors (Lipinski definition) is 5. The summed E-state index contributed by atoms with van der Waals surface area (Å²) in [4.78, 5) is 23.6. The molecule has 7 heteroatoms. The Morgan fingerprint density at radius 2 is 1.59 bits per heavy atom. The topological polar surface area (TPSA) is 94.1 Å². The van der Waals surface area contributed by atoms with Gasteiger partial charge in [0.2, 0.25) is 0 Å². The van der Waals surface area contributed by atoms with E-state index in [0.29, 0.717) is 0 Å². The van der Waals surface area contributed by atoms with Crippen LogP contribution < -0.4 is 5.32 Å². The predicted octanol–water partition coefficient (Wildman–Crippen LogP) is 4.73. The summed E-state index contributed by atoms with van der Waals surface area (Å²) in [5.41, 5.74) is 5.59. The standard InChI is InChI=1S/C27H25NO6/c1-16-24(15-32-26(34-16)18-12-10-17(11-13-18)25(29)30)28-27(31)33-14-23-21-8-4-2-6-19(21)20-7-3-5-9-22(20)23/h2-13,16,23-24,26H,14-15H2,1H3,(H,28,31)(H,29,30)/t16-,24-,26?/m1/s1. The third kappa shape index (κ3) is 4.27. The van der Waals surface area contributed by atoms with Gasteiger partial charge in [0.25, 0.3) is 0 Å². The van der Waals surface area contributed by atoms with Crippen molar-refractivity contribution < 1.29 is 28.9 Å². The van der Waals surface area contributed by atoms with E-state index in [1.165, 1.54) is 23.3 Å². The zero-order chi connectivity index (χ0) is 23.7. The zero-order valence-corrected chi connectivity index (χ0v) is 18.6. The predicted molar refractivity (Wildman–Crippen MR) is 125 cm³/mol. The van der Waals surface area contributed by atoms with Crippen molar-refractivity contribution in [2.45, 2.75) is 31.3 Å². The van der Waals surface area contributed by atoms with Crippen LogP contribution in [0.25, 0.3) is 11.1 Å². The van der Waals surface area contributed by atoms with E-state index in [4.69, 9.17) is 19.3 Å². The Bertz CT molecular complexity index is 1160. The minimum atomic E-state index is -0.988. The average Bonchev–Trinajstić information content (AvgIpc) is 3.18. The van der Waals surface area contributed by atoms with E-state index in [9.17, 15) is 9.59 Å². The van der Waals surface area contributed by atoms with Crippen molar-refractivity contribution in [2.75, 3.05) is 13.2 Å². The van der Waals surface area contributed by atoms with Gasteiger partial charge < -0.3 is 24.6 Å². The normalized spacial score (nSPS) is 21.4. The van der Waals surface area contributed by atoms with Gasteiger partial charge in [0.05, 0.1) is 24.3 Å². The maximum Gasteiger partial charge on any atom is 0.407 e. The van der Waals surface area contributed by atoms with Gasteiger partial charge in [-0.25, -0.2) is 9.59 Å². The number of carbonyl (C=O) groups excluding carboxylic acids is 1. The molecule has 1 amide bonds. The van der Waals surface area contributed by atoms with Crippen molar-refractivity contribution in [1.29, 1.82) is 0 Å². The number of rotatable bonds is 5. The molecule has 3 aromatic rings. The maximum absolute atomic E-state index is 12.6. The van der Waals surface area contributed by atoms with Gasteiger partial charge in [-0.15, -0.1) is 0 Å². The Morgan fingerprint density at radius 1 is 0.971 bits per heavy atom. The summed E-state index contributed by atoms with van der Waals surface area (Å²) in [6.45, 7) is 2.34. The zero-order valence-electron chi connectivity index (χ0n) is 18.6. The van der Waals surface area contributed by atoms with Crippen LogP contribution in [-0.2, 0) is 14.2 Å². The lowest BCUT2D eigenvalue weighted by atomic mass is 9.98. The first-order valence-electron chi connectivity index (χ1n) is 11.2. The lowest BCUT2D eigenvalue weighted by molar-refractivity contribution is -0.223. The molecule has 0 saturated carbocycles. The Hall–Kier alpha value is -3.68. The fraction of sp³-hybridized carbons (Fsp3) is 0.259. The summed E-state index contributed by atoms with van der Waals surface area (Å²) in [6, 6.07) is 22.4. The minimum absolute atomic E-state index is 0.00687. The number of carboxylic acids is 1. The number of ether oxygens (including phenoxy) is 3. The van der Waals surface area contributed by atoms with Gasteiger partial charge in [-0.3, -0.25) is 0 Å². The fourth-order valence-corrected chi connectivity index (χ4v) is 4.56. The van der Waals surface area contributed by atoms with Crippen LogP contribution in [0.3, 0.4) is 0 Å². The van der Waals surface area contributed by atoms with E-state index in [-0.39, 0.29) is 36.8 Å². The van der Waals surface area contributed by atoms with E-state index in [1.807, 2.05) is 31.2 Å². The Labute approximate surface area is 197 Å². The molecule has 3 aromatic carbocycles. The van der Waals surface area contributed by atoms with Crippen LogP contribution in [-0.4, -0.2) is 42.5 Å². The van der Waals surface area contributed by atoms with Crippen molar-refractivity contribution in [1.82, 2.24) is 5.32 Å². The quantitative estimate of drug-likeness (QED) is 0.573. The second kappa shape index (κ2) is 9.29. The van der Waals surface area contributed by atoms with Gasteiger partial charge in [0.1, 0.15) is 6.61 Å². The molecule has 2 N–H and O–H groups in total. The first-order valence-corrected chi connectivity index (χ1v) is 11.2. The summed E-state index contributed by atoms with van der Waals surface area (Å²) < 4.78 is 17.3. The number of carboxylic acid groups (broad SMARTS) is 1. The molecule has 1 aliphatic heterocycles. The van der Waals surface area contributed by atoms with Crippen LogP contribution in [0, 0.1) is 0 Å². The highest BCUT2D eigenvalue weighted by Crippen LogP contribution is 2.44. The second-order valence-corrected chi connectivity index (χ2v) is 8.51. The number of aromatic carboxylic acids is 1. The molecule has 1 aliphatic carbocycles. The van der Waals surface area contributed by atoms with Crippen molar-refractivity contribution in [3.63, 3.8) is 0 Å². The molecule has 1 saturated heterocycles. The van der Waals surface area contributed by atoms with Crippen LogP contribution in [0.4, 0.5) is 4.79 Å². The molecule has 7 nitrogen and oxygen atoms in total. The number of carbonyl (C=O) groups is 2. The third-order valence-corrected chi connectivity index (χ3v) is 6.41. The second-order valence-electron chi connectivity index (χ2n) is 8.51. The van der Waals surface area contributed by atoms with Gasteiger partial charge in [-0.05, 0) is 41.3 Å². The van der Waals surface area contributed by atoms with Crippen molar-refractivity contribution in [3.05, 3.63) is 95.1 Å². The fourth-order valence-electron chi connectivity index (χ4n) is 4.56. The van der Waals surface area contributed by atoms with Gasteiger partial charge in [-0.2, -0.15) is 0 Å². The first kappa shape index (κ1) is 22.1. The Balaban J connectivity index is 1.17. The molecular formula is C27H25NO6. The van der Waals surface area contributed by atoms with Crippen LogP contribution in [0.2, 0.25) is 0 Å².